The second-order valence-corrected chi connectivity index (χ2v) is 10.9. The summed E-state index contributed by atoms with van der Waals surface area (Å²) >= 11 is 6.74. The molecule has 1 fully saturated rings. The van der Waals surface area contributed by atoms with E-state index in [0.717, 1.165) is 11.1 Å². The Balaban J connectivity index is 1.62. The van der Waals surface area contributed by atoms with E-state index in [0.29, 0.717) is 46.7 Å². The molecule has 0 aromatic heterocycles. The van der Waals surface area contributed by atoms with Crippen LogP contribution >= 0.6 is 24.0 Å². The lowest BCUT2D eigenvalue weighted by Crippen LogP contribution is -2.45. The first-order chi connectivity index (χ1) is 16.6. The van der Waals surface area contributed by atoms with Crippen molar-refractivity contribution in [2.45, 2.75) is 45.7 Å². The molecule has 0 aliphatic carbocycles. The predicted molar refractivity (Wildman–Crippen MR) is 145 cm³/mol. The van der Waals surface area contributed by atoms with Gasteiger partial charge in [0.05, 0.1) is 19.1 Å². The molecule has 1 aliphatic rings. The molecule has 1 heterocycles. The van der Waals surface area contributed by atoms with E-state index in [-0.39, 0.29) is 17.4 Å². The molecule has 3 rings (SSSR count). The smallest absolute Gasteiger partial charge is 0.266 e. The Morgan fingerprint density at radius 1 is 1.09 bits per heavy atom. The number of methoxy groups -OCH3 is 2. The van der Waals surface area contributed by atoms with Gasteiger partial charge in [0.2, 0.25) is 5.91 Å². The zero-order valence-corrected chi connectivity index (χ0v) is 22.5. The highest BCUT2D eigenvalue weighted by molar-refractivity contribution is 8.26. The number of nitrogens with zero attached hydrogens (tertiary/aromatic N) is 2. The Kier molecular flexibility index (Phi) is 8.97. The molecule has 2 amide bonds. The molecular weight excluding hydrogens is 480 g/mol. The lowest BCUT2D eigenvalue weighted by molar-refractivity contribution is -0.137. The van der Waals surface area contributed by atoms with E-state index in [9.17, 15) is 9.59 Å². The fraction of sp³-hybridized carbons (Fsp3) is 0.370. The molecule has 35 heavy (non-hydrogen) atoms. The van der Waals surface area contributed by atoms with E-state index >= 15 is 0 Å². The highest BCUT2D eigenvalue weighted by Crippen LogP contribution is 2.35. The topological polar surface area (TPSA) is 59.1 Å². The minimum absolute atomic E-state index is 0.0627. The molecule has 0 radical (unpaired) electrons. The Labute approximate surface area is 217 Å². The van der Waals surface area contributed by atoms with Crippen molar-refractivity contribution in [3.63, 3.8) is 0 Å². The number of carbonyl (C=O) groups is 2. The van der Waals surface area contributed by atoms with E-state index in [1.54, 1.807) is 31.3 Å². The molecule has 1 saturated heterocycles. The lowest BCUT2D eigenvalue weighted by atomic mass is 10.0. The average molecular weight is 513 g/mol. The summed E-state index contributed by atoms with van der Waals surface area (Å²) in [7, 11) is 3.15. The van der Waals surface area contributed by atoms with Gasteiger partial charge in [0, 0.05) is 25.0 Å². The molecular formula is C27H32N2O4S2. The summed E-state index contributed by atoms with van der Waals surface area (Å²) in [5, 5.41) is 0. The van der Waals surface area contributed by atoms with Crippen molar-refractivity contribution in [2.75, 3.05) is 20.8 Å². The predicted octanol–water partition coefficient (Wildman–Crippen LogP) is 5.51. The summed E-state index contributed by atoms with van der Waals surface area (Å²) in [6, 6.07) is 15.4. The number of benzene rings is 2. The van der Waals surface area contributed by atoms with Gasteiger partial charge in [0.15, 0.2) is 11.5 Å². The molecule has 186 valence electrons. The minimum Gasteiger partial charge on any atom is -0.493 e. The SMILES string of the molecule is COc1ccc(C=C2SC(=S)N(CCCC(=O)N(Cc3ccccc3)C(C)(C)C)C2=O)cc1OC. The van der Waals surface area contributed by atoms with Gasteiger partial charge in [-0.3, -0.25) is 14.5 Å². The first-order valence-electron chi connectivity index (χ1n) is 11.5. The van der Waals surface area contributed by atoms with Crippen molar-refractivity contribution >= 4 is 46.2 Å². The molecule has 2 aromatic carbocycles. The highest BCUT2D eigenvalue weighted by atomic mass is 32.2. The van der Waals surface area contributed by atoms with Crippen LogP contribution in [0, 0.1) is 0 Å². The van der Waals surface area contributed by atoms with Gasteiger partial charge >= 0.3 is 0 Å². The van der Waals surface area contributed by atoms with Crippen molar-refractivity contribution in [3.05, 3.63) is 64.6 Å². The van der Waals surface area contributed by atoms with Crippen LogP contribution in [0.3, 0.4) is 0 Å². The van der Waals surface area contributed by atoms with Gasteiger partial charge < -0.3 is 14.4 Å². The number of thiocarbonyl (C=S) groups is 1. The molecule has 0 spiro atoms. The third kappa shape index (κ3) is 6.86. The van der Waals surface area contributed by atoms with E-state index < -0.39 is 0 Å². The van der Waals surface area contributed by atoms with E-state index in [4.69, 9.17) is 21.7 Å². The number of amides is 2. The Morgan fingerprint density at radius 2 is 1.77 bits per heavy atom. The first-order valence-corrected chi connectivity index (χ1v) is 12.7. The Morgan fingerprint density at radius 3 is 2.40 bits per heavy atom. The van der Waals surface area contributed by atoms with E-state index in [1.165, 1.54) is 11.8 Å². The van der Waals surface area contributed by atoms with Crippen molar-refractivity contribution in [1.29, 1.82) is 0 Å². The summed E-state index contributed by atoms with van der Waals surface area (Å²) in [6.45, 7) is 7.07. The van der Waals surface area contributed by atoms with E-state index in [2.05, 4.69) is 0 Å². The van der Waals surface area contributed by atoms with Crippen LogP contribution in [0.25, 0.3) is 6.08 Å². The second-order valence-electron chi connectivity index (χ2n) is 9.19. The normalized spacial score (nSPS) is 15.0. The fourth-order valence-corrected chi connectivity index (χ4v) is 5.08. The number of hydrogen-bond donors (Lipinski definition) is 0. The van der Waals surface area contributed by atoms with Crippen LogP contribution in [0.5, 0.6) is 11.5 Å². The molecule has 0 saturated carbocycles. The zero-order valence-electron chi connectivity index (χ0n) is 20.9. The summed E-state index contributed by atoms with van der Waals surface area (Å²) in [5.74, 6) is 1.14. The monoisotopic (exact) mass is 512 g/mol. The van der Waals surface area contributed by atoms with Gasteiger partial charge in [0.25, 0.3) is 5.91 Å². The molecule has 8 heteroatoms. The number of carbonyl (C=O) groups excluding carboxylic acids is 2. The van der Waals surface area contributed by atoms with Crippen LogP contribution in [0.1, 0.15) is 44.7 Å². The summed E-state index contributed by atoms with van der Waals surface area (Å²) in [5.41, 5.74) is 1.60. The molecule has 6 nitrogen and oxygen atoms in total. The van der Waals surface area contributed by atoms with Crippen LogP contribution in [-0.2, 0) is 16.1 Å². The van der Waals surface area contributed by atoms with Crippen LogP contribution in [0.15, 0.2) is 53.4 Å². The maximum Gasteiger partial charge on any atom is 0.266 e. The molecule has 1 aliphatic heterocycles. The van der Waals surface area contributed by atoms with E-state index in [1.807, 2.05) is 68.1 Å². The van der Waals surface area contributed by atoms with Gasteiger partial charge in [-0.15, -0.1) is 0 Å². The maximum atomic E-state index is 13.1. The van der Waals surface area contributed by atoms with Crippen molar-refractivity contribution < 1.29 is 19.1 Å². The fourth-order valence-electron chi connectivity index (χ4n) is 3.78. The summed E-state index contributed by atoms with van der Waals surface area (Å²) < 4.78 is 11.1. The molecule has 0 unspecified atom stereocenters. The van der Waals surface area contributed by atoms with Gasteiger partial charge in [-0.25, -0.2) is 0 Å². The molecule has 2 aromatic rings. The van der Waals surface area contributed by atoms with Gasteiger partial charge in [-0.05, 0) is 56.5 Å². The quantitative estimate of drug-likeness (QED) is 0.326. The Hall–Kier alpha value is -2.84. The third-order valence-corrected chi connectivity index (χ3v) is 7.02. The van der Waals surface area contributed by atoms with Gasteiger partial charge in [-0.1, -0.05) is 60.4 Å². The van der Waals surface area contributed by atoms with Crippen molar-refractivity contribution in [3.8, 4) is 11.5 Å². The third-order valence-electron chi connectivity index (χ3n) is 5.65. The average Bonchev–Trinajstić information content (AvgIpc) is 3.09. The largest absolute Gasteiger partial charge is 0.493 e. The lowest BCUT2D eigenvalue weighted by Gasteiger charge is -2.36. The van der Waals surface area contributed by atoms with Crippen LogP contribution in [0.2, 0.25) is 0 Å². The number of hydrogen-bond acceptors (Lipinski definition) is 6. The number of rotatable bonds is 9. The van der Waals surface area contributed by atoms with Crippen molar-refractivity contribution in [2.24, 2.45) is 0 Å². The Bertz CT molecular complexity index is 1110. The second kappa shape index (κ2) is 11.7. The van der Waals surface area contributed by atoms with Crippen LogP contribution < -0.4 is 9.47 Å². The minimum atomic E-state index is -0.309. The highest BCUT2D eigenvalue weighted by Gasteiger charge is 2.32. The summed E-state index contributed by atoms with van der Waals surface area (Å²) in [6.07, 6.45) is 2.68. The maximum absolute atomic E-state index is 13.1. The van der Waals surface area contributed by atoms with Gasteiger partial charge in [0.1, 0.15) is 4.32 Å². The molecule has 0 N–H and O–H groups in total. The number of ether oxygens (including phenoxy) is 2. The van der Waals surface area contributed by atoms with Crippen LogP contribution in [-0.4, -0.2) is 52.2 Å². The van der Waals surface area contributed by atoms with Crippen LogP contribution in [0.4, 0.5) is 0 Å². The molecule has 0 atom stereocenters. The standard InChI is InChI=1S/C27H32N2O4S2/c1-27(2,3)29(18-19-10-7-6-8-11-19)24(30)12-9-15-28-25(31)23(35-26(28)34)17-20-13-14-21(32-4)22(16-20)33-5/h6-8,10-11,13-14,16-17H,9,12,15,18H2,1-5H3. The summed E-state index contributed by atoms with van der Waals surface area (Å²) in [4.78, 5) is 30.1. The van der Waals surface area contributed by atoms with Gasteiger partial charge in [-0.2, -0.15) is 0 Å². The first kappa shape index (κ1) is 26.8. The molecule has 0 bridgehead atoms. The van der Waals surface area contributed by atoms with Crippen molar-refractivity contribution in [1.82, 2.24) is 9.80 Å². The zero-order chi connectivity index (χ0) is 25.6. The number of thioether (sulfide) groups is 1.